The molecule has 2 unspecified atom stereocenters. The van der Waals surface area contributed by atoms with Crippen molar-refractivity contribution in [2.24, 2.45) is 5.92 Å². The van der Waals surface area contributed by atoms with Crippen LogP contribution < -0.4 is 10.6 Å². The normalized spacial score (nSPS) is 21.0. The highest BCUT2D eigenvalue weighted by Crippen LogP contribution is 2.32. The number of ether oxygens (including phenoxy) is 1. The summed E-state index contributed by atoms with van der Waals surface area (Å²) in [5, 5.41) is 15.0. The fourth-order valence-corrected chi connectivity index (χ4v) is 2.79. The van der Waals surface area contributed by atoms with E-state index in [4.69, 9.17) is 9.84 Å². The standard InChI is InChI=1S/C16H21BrN2O4/c1-16(2,3)23-15(22)19-13-6-9(4-5-11(13)17)12-7-10(8-18-12)14(20)21/h4-6,10,12,18H,7-8H2,1-3H3,(H,19,22)(H,20,21). The summed E-state index contributed by atoms with van der Waals surface area (Å²) in [5.41, 5.74) is 0.955. The summed E-state index contributed by atoms with van der Waals surface area (Å²) in [6.07, 6.45) is 0.00110. The molecule has 0 aliphatic carbocycles. The van der Waals surface area contributed by atoms with Gasteiger partial charge in [-0.2, -0.15) is 0 Å². The van der Waals surface area contributed by atoms with Crippen LogP contribution in [0.25, 0.3) is 0 Å². The van der Waals surface area contributed by atoms with Gasteiger partial charge in [0.05, 0.1) is 11.6 Å². The molecule has 0 bridgehead atoms. The van der Waals surface area contributed by atoms with Crippen LogP contribution in [0.5, 0.6) is 0 Å². The largest absolute Gasteiger partial charge is 0.481 e. The molecule has 126 valence electrons. The number of carbonyl (C=O) groups is 2. The number of carboxylic acids is 1. The quantitative estimate of drug-likeness (QED) is 0.741. The van der Waals surface area contributed by atoms with Gasteiger partial charge < -0.3 is 15.2 Å². The minimum absolute atomic E-state index is 0.0385. The maximum Gasteiger partial charge on any atom is 0.412 e. The van der Waals surface area contributed by atoms with Crippen molar-refractivity contribution < 1.29 is 19.4 Å². The third-order valence-corrected chi connectivity index (χ3v) is 4.20. The monoisotopic (exact) mass is 384 g/mol. The maximum absolute atomic E-state index is 11.9. The fourth-order valence-electron chi connectivity index (χ4n) is 2.45. The number of anilines is 1. The van der Waals surface area contributed by atoms with Crippen LogP contribution in [-0.2, 0) is 9.53 Å². The highest BCUT2D eigenvalue weighted by Gasteiger charge is 2.30. The summed E-state index contributed by atoms with van der Waals surface area (Å²) in [6.45, 7) is 5.84. The number of aliphatic carboxylic acids is 1. The summed E-state index contributed by atoms with van der Waals surface area (Å²) < 4.78 is 5.98. The van der Waals surface area contributed by atoms with Gasteiger partial charge >= 0.3 is 12.1 Å². The summed E-state index contributed by atoms with van der Waals surface area (Å²) in [5.74, 6) is -1.17. The Bertz CT molecular complexity index is 613. The van der Waals surface area contributed by atoms with Crippen molar-refractivity contribution in [1.82, 2.24) is 5.32 Å². The van der Waals surface area contributed by atoms with Crippen LogP contribution in [0.2, 0.25) is 0 Å². The lowest BCUT2D eigenvalue weighted by Crippen LogP contribution is -2.27. The summed E-state index contributed by atoms with van der Waals surface area (Å²) in [7, 11) is 0. The molecule has 0 aromatic heterocycles. The molecule has 1 heterocycles. The molecule has 0 radical (unpaired) electrons. The van der Waals surface area contributed by atoms with Gasteiger partial charge in [-0.1, -0.05) is 6.07 Å². The van der Waals surface area contributed by atoms with Gasteiger partial charge in [0.15, 0.2) is 0 Å². The van der Waals surface area contributed by atoms with Gasteiger partial charge in [-0.25, -0.2) is 4.79 Å². The van der Waals surface area contributed by atoms with E-state index >= 15 is 0 Å². The van der Waals surface area contributed by atoms with Crippen molar-refractivity contribution in [3.8, 4) is 0 Å². The SMILES string of the molecule is CC(C)(C)OC(=O)Nc1cc(C2CC(C(=O)O)CN2)ccc1Br. The molecule has 1 fully saturated rings. The Morgan fingerprint density at radius 1 is 1.39 bits per heavy atom. The third-order valence-electron chi connectivity index (χ3n) is 3.51. The highest BCUT2D eigenvalue weighted by molar-refractivity contribution is 9.10. The summed E-state index contributed by atoms with van der Waals surface area (Å²) >= 11 is 3.40. The number of benzene rings is 1. The van der Waals surface area contributed by atoms with Crippen LogP contribution in [0, 0.1) is 5.92 Å². The second-order valence-corrected chi connectivity index (χ2v) is 7.45. The van der Waals surface area contributed by atoms with Crippen LogP contribution in [-0.4, -0.2) is 29.3 Å². The molecular formula is C16H21BrN2O4. The van der Waals surface area contributed by atoms with Crippen molar-refractivity contribution >= 4 is 33.7 Å². The first-order valence-electron chi connectivity index (χ1n) is 7.41. The fraction of sp³-hybridized carbons (Fsp3) is 0.500. The lowest BCUT2D eigenvalue weighted by Gasteiger charge is -2.20. The van der Waals surface area contributed by atoms with Crippen LogP contribution >= 0.6 is 15.9 Å². The Balaban J connectivity index is 2.10. The summed E-state index contributed by atoms with van der Waals surface area (Å²) in [4.78, 5) is 23.0. The van der Waals surface area contributed by atoms with Gasteiger partial charge in [-0.3, -0.25) is 10.1 Å². The first kappa shape index (κ1) is 17.7. The maximum atomic E-state index is 11.9. The Hall–Kier alpha value is -1.60. The number of rotatable bonds is 3. The van der Waals surface area contributed by atoms with Gasteiger partial charge in [0.2, 0.25) is 0 Å². The molecule has 23 heavy (non-hydrogen) atoms. The van der Waals surface area contributed by atoms with Crippen LogP contribution in [0.4, 0.5) is 10.5 Å². The van der Waals surface area contributed by atoms with E-state index in [0.29, 0.717) is 18.7 Å². The van der Waals surface area contributed by atoms with Crippen molar-refractivity contribution in [3.05, 3.63) is 28.2 Å². The van der Waals surface area contributed by atoms with E-state index in [1.165, 1.54) is 0 Å². The first-order chi connectivity index (χ1) is 10.7. The number of amides is 1. The first-order valence-corrected chi connectivity index (χ1v) is 8.20. The second kappa shape index (κ2) is 6.88. The van der Waals surface area contributed by atoms with Crippen molar-refractivity contribution in [2.45, 2.75) is 38.8 Å². The van der Waals surface area contributed by atoms with Crippen molar-refractivity contribution in [3.63, 3.8) is 0 Å². The zero-order valence-corrected chi connectivity index (χ0v) is 14.9. The Morgan fingerprint density at radius 2 is 2.09 bits per heavy atom. The lowest BCUT2D eigenvalue weighted by molar-refractivity contribution is -0.141. The number of hydrogen-bond donors (Lipinski definition) is 3. The van der Waals surface area contributed by atoms with Crippen LogP contribution in [0.15, 0.2) is 22.7 Å². The number of nitrogens with one attached hydrogen (secondary N) is 2. The molecule has 0 saturated carbocycles. The molecule has 0 spiro atoms. The molecule has 2 atom stereocenters. The number of hydrogen-bond acceptors (Lipinski definition) is 4. The molecule has 3 N–H and O–H groups in total. The van der Waals surface area contributed by atoms with Crippen molar-refractivity contribution in [2.75, 3.05) is 11.9 Å². The average molecular weight is 385 g/mol. The van der Waals surface area contributed by atoms with Gasteiger partial charge in [-0.05, 0) is 60.8 Å². The average Bonchev–Trinajstić information content (AvgIpc) is 2.89. The van der Waals surface area contributed by atoms with E-state index in [2.05, 4.69) is 26.6 Å². The smallest absolute Gasteiger partial charge is 0.412 e. The Labute approximate surface area is 143 Å². The van der Waals surface area contributed by atoms with E-state index in [1.807, 2.05) is 18.2 Å². The number of halogens is 1. The molecule has 1 aromatic carbocycles. The lowest BCUT2D eigenvalue weighted by atomic mass is 10.00. The van der Waals surface area contributed by atoms with E-state index in [1.54, 1.807) is 20.8 Å². The molecular weight excluding hydrogens is 364 g/mol. The van der Waals surface area contributed by atoms with Crippen LogP contribution in [0.1, 0.15) is 38.8 Å². The van der Waals surface area contributed by atoms with Gasteiger partial charge in [0, 0.05) is 17.1 Å². The van der Waals surface area contributed by atoms with Gasteiger partial charge in [0.1, 0.15) is 5.60 Å². The number of carboxylic acid groups (broad SMARTS) is 1. The van der Waals surface area contributed by atoms with E-state index in [-0.39, 0.29) is 12.0 Å². The zero-order valence-electron chi connectivity index (χ0n) is 13.4. The number of carbonyl (C=O) groups excluding carboxylic acids is 1. The van der Waals surface area contributed by atoms with E-state index < -0.39 is 17.7 Å². The molecule has 1 saturated heterocycles. The van der Waals surface area contributed by atoms with Crippen molar-refractivity contribution in [1.29, 1.82) is 0 Å². The molecule has 1 amide bonds. The minimum atomic E-state index is -0.788. The molecule has 7 heteroatoms. The molecule has 1 aliphatic heterocycles. The molecule has 2 rings (SSSR count). The predicted molar refractivity (Wildman–Crippen MR) is 90.5 cm³/mol. The van der Waals surface area contributed by atoms with Gasteiger partial charge in [0.25, 0.3) is 0 Å². The summed E-state index contributed by atoms with van der Waals surface area (Å²) in [6, 6.07) is 5.53. The predicted octanol–water partition coefficient (Wildman–Crippen LogP) is 3.53. The highest BCUT2D eigenvalue weighted by atomic mass is 79.9. The minimum Gasteiger partial charge on any atom is -0.481 e. The Morgan fingerprint density at radius 3 is 2.65 bits per heavy atom. The third kappa shape index (κ3) is 4.94. The van der Waals surface area contributed by atoms with E-state index in [9.17, 15) is 9.59 Å². The van der Waals surface area contributed by atoms with E-state index in [0.717, 1.165) is 10.0 Å². The van der Waals surface area contributed by atoms with Crippen LogP contribution in [0.3, 0.4) is 0 Å². The molecule has 1 aliphatic rings. The zero-order chi connectivity index (χ0) is 17.2. The van der Waals surface area contributed by atoms with Gasteiger partial charge in [-0.15, -0.1) is 0 Å². The Kier molecular flexibility index (Phi) is 5.31. The molecule has 6 nitrogen and oxygen atoms in total. The topological polar surface area (TPSA) is 87.7 Å². The molecule has 1 aromatic rings. The second-order valence-electron chi connectivity index (χ2n) is 6.60.